The molecule has 1 aliphatic heterocycles. The first kappa shape index (κ1) is 60.6. The van der Waals surface area contributed by atoms with Crippen LogP contribution in [0, 0.1) is 11.8 Å². The van der Waals surface area contributed by atoms with E-state index in [0.717, 1.165) is 10.8 Å². The number of hydrogen-bond donors (Lipinski definition) is 14. The van der Waals surface area contributed by atoms with Crippen LogP contribution < -0.4 is 38.0 Å². The molecule has 2 rings (SSSR count). The van der Waals surface area contributed by atoms with Crippen LogP contribution in [-0.4, -0.2) is 160 Å². The van der Waals surface area contributed by atoms with Crippen molar-refractivity contribution < 1.29 is 105 Å². The number of carboxylic acids is 3. The minimum absolute atomic E-state index is 0.0153. The maximum Gasteiger partial charge on any atom is 0.490 e. The van der Waals surface area contributed by atoms with Gasteiger partial charge in [-0.3, -0.25) is 37.9 Å². The zero-order valence-corrected chi connectivity index (χ0v) is 40.4. The number of aliphatic hydroxyl groups excluding tert-OH is 1. The van der Waals surface area contributed by atoms with Gasteiger partial charge in [0.2, 0.25) is 23.6 Å². The van der Waals surface area contributed by atoms with Crippen LogP contribution in [0.5, 0.6) is 0 Å². The number of nitrogen functional groups attached to an aromatic ring is 1. The van der Waals surface area contributed by atoms with Crippen molar-refractivity contribution in [2.45, 2.75) is 87.9 Å². The number of carboxylic acid groups (broad SMARTS) is 3. The minimum Gasteiger partial charge on any atom is -0.481 e. The number of nitrogens with two attached hydrogens (primary N) is 1. The molecular formula is C33H51N8O23P3S2. The Kier molecular flexibility index (Phi) is 25.5. The summed E-state index contributed by atoms with van der Waals surface area (Å²) in [4.78, 5) is 136. The molecule has 1 aromatic heterocycles. The molecule has 0 bridgehead atoms. The summed E-state index contributed by atoms with van der Waals surface area (Å²) in [5, 5.41) is 49.8. The number of amides is 4. The monoisotopic (exact) mass is 1080 g/mol. The second-order valence-electron chi connectivity index (χ2n) is 14.1. The molecule has 36 heteroatoms. The van der Waals surface area contributed by atoms with Crippen molar-refractivity contribution in [3.05, 3.63) is 22.2 Å². The normalized spacial score (nSPS) is 18.7. The van der Waals surface area contributed by atoms with E-state index in [1.807, 2.05) is 5.32 Å². The maximum atomic E-state index is 12.7. The van der Waals surface area contributed by atoms with Crippen molar-refractivity contribution in [1.29, 1.82) is 0 Å². The van der Waals surface area contributed by atoms with Gasteiger partial charge >= 0.3 is 47.1 Å². The summed E-state index contributed by atoms with van der Waals surface area (Å²) in [5.74, 6) is -1.49. The highest BCUT2D eigenvalue weighted by Gasteiger charge is 2.43. The molecule has 15 N–H and O–H groups in total. The fourth-order valence-corrected chi connectivity index (χ4v) is 10.7. The summed E-state index contributed by atoms with van der Waals surface area (Å²) < 4.78 is 52.5. The van der Waals surface area contributed by atoms with Crippen molar-refractivity contribution in [2.75, 3.05) is 44.0 Å². The number of anilines is 1. The summed E-state index contributed by atoms with van der Waals surface area (Å²) in [5.41, 5.74) is 4.90. The Bertz CT molecular complexity index is 2280. The second kappa shape index (κ2) is 29.0. The van der Waals surface area contributed by atoms with Gasteiger partial charge in [-0.05, 0) is 19.9 Å². The topological polar surface area (TPSA) is 491 Å². The maximum absolute atomic E-state index is 12.7. The molecule has 388 valence electrons. The van der Waals surface area contributed by atoms with E-state index in [1.165, 1.54) is 21.6 Å². The molecule has 69 heavy (non-hydrogen) atoms. The van der Waals surface area contributed by atoms with Crippen molar-refractivity contribution in [2.24, 2.45) is 0 Å². The highest BCUT2D eigenvalue weighted by atomic mass is 33.1. The predicted molar refractivity (Wildman–Crippen MR) is 237 cm³/mol. The van der Waals surface area contributed by atoms with E-state index in [0.29, 0.717) is 30.8 Å². The Labute approximate surface area is 398 Å². The lowest BCUT2D eigenvalue weighted by molar-refractivity contribution is -0.148. The van der Waals surface area contributed by atoms with Crippen molar-refractivity contribution >= 4 is 92.4 Å². The van der Waals surface area contributed by atoms with Gasteiger partial charge in [-0.1, -0.05) is 39.8 Å². The molecule has 6 unspecified atom stereocenters. The molecule has 1 aromatic rings. The first-order valence-electron chi connectivity index (χ1n) is 19.8. The Balaban J connectivity index is 1.72. The first-order chi connectivity index (χ1) is 32.1. The molecule has 0 spiro atoms. The Morgan fingerprint density at radius 1 is 0.884 bits per heavy atom. The van der Waals surface area contributed by atoms with Crippen LogP contribution in [0.2, 0.25) is 0 Å². The van der Waals surface area contributed by atoms with E-state index >= 15 is 0 Å². The van der Waals surface area contributed by atoms with E-state index in [2.05, 4.69) is 51.2 Å². The molecular weight excluding hydrogens is 1030 g/mol. The molecule has 8 atom stereocenters. The second-order valence-corrected chi connectivity index (χ2v) is 21.2. The van der Waals surface area contributed by atoms with Crippen LogP contribution in [0.4, 0.5) is 5.82 Å². The van der Waals surface area contributed by atoms with Crippen molar-refractivity contribution in [3.8, 4) is 11.8 Å². The quantitative estimate of drug-likeness (QED) is 0.0156. The molecule has 0 radical (unpaired) electrons. The van der Waals surface area contributed by atoms with Gasteiger partial charge in [0.05, 0.1) is 43.7 Å². The summed E-state index contributed by atoms with van der Waals surface area (Å²) in [6, 6.07) is -4.09. The van der Waals surface area contributed by atoms with Crippen LogP contribution in [0.15, 0.2) is 11.0 Å². The number of carbonyl (C=O) groups is 7. The Morgan fingerprint density at radius 3 is 2.17 bits per heavy atom. The number of aliphatic carboxylic acids is 3. The van der Waals surface area contributed by atoms with Gasteiger partial charge in [-0.2, -0.15) is 13.6 Å². The molecule has 0 aromatic carbocycles. The number of hydrogen-bond acceptors (Lipinski definition) is 21. The van der Waals surface area contributed by atoms with Crippen molar-refractivity contribution in [1.82, 2.24) is 36.1 Å². The SMILES string of the molecule is CNC(CSSCCC(=O)NCC#Cc1cn([C@H]2CC(O)[C@@H](COP(=O)(O)OP(=O)(O)OP(=O)(O)O)O2)c(=O)nc1N)C(=O)NCCCCCC(=O)NC(CC(=O)O)C(=O)NC(CC(=O)O)C(=O)O. The van der Waals surface area contributed by atoms with Gasteiger partial charge in [-0.15, -0.1) is 0 Å². The number of aromatic nitrogens is 2. The van der Waals surface area contributed by atoms with Crippen LogP contribution >= 0.6 is 45.1 Å². The lowest BCUT2D eigenvalue weighted by atomic mass is 10.1. The fourth-order valence-electron chi connectivity index (χ4n) is 5.48. The number of aliphatic hydroxyl groups is 1. The van der Waals surface area contributed by atoms with Crippen LogP contribution in [0.1, 0.15) is 63.2 Å². The smallest absolute Gasteiger partial charge is 0.481 e. The zero-order chi connectivity index (χ0) is 52.1. The van der Waals surface area contributed by atoms with E-state index in [1.54, 1.807) is 7.05 Å². The number of rotatable bonds is 31. The van der Waals surface area contributed by atoms with Gasteiger partial charge in [0.15, 0.2) is 0 Å². The third kappa shape index (κ3) is 24.3. The third-order valence-corrected chi connectivity index (χ3v) is 14.9. The average molecular weight is 1080 g/mol. The number of carbonyl (C=O) groups excluding carboxylic acids is 4. The lowest BCUT2D eigenvalue weighted by Gasteiger charge is -2.19. The molecule has 0 aliphatic carbocycles. The number of unbranched alkanes of at least 4 members (excludes halogenated alkanes) is 2. The zero-order valence-electron chi connectivity index (χ0n) is 36.1. The minimum atomic E-state index is -5.79. The molecule has 1 saturated heterocycles. The first-order valence-corrected chi connectivity index (χ1v) is 26.8. The number of likely N-dealkylation sites (N-methyl/N-ethyl adjacent to an activating group) is 1. The van der Waals surface area contributed by atoms with Gasteiger partial charge in [0.1, 0.15) is 30.2 Å². The van der Waals surface area contributed by atoms with Crippen LogP contribution in [0.25, 0.3) is 0 Å². The molecule has 4 amide bonds. The molecule has 2 heterocycles. The summed E-state index contributed by atoms with van der Waals surface area (Å²) in [7, 11) is -12.7. The largest absolute Gasteiger partial charge is 0.490 e. The highest BCUT2D eigenvalue weighted by molar-refractivity contribution is 8.76. The number of ether oxygens (including phenoxy) is 1. The van der Waals surface area contributed by atoms with E-state index in [-0.39, 0.29) is 55.5 Å². The van der Waals surface area contributed by atoms with Crippen LogP contribution in [0.3, 0.4) is 0 Å². The average Bonchev–Trinajstić information content (AvgIpc) is 3.59. The molecule has 1 fully saturated rings. The van der Waals surface area contributed by atoms with Crippen LogP contribution in [-0.2, 0) is 65.1 Å². The van der Waals surface area contributed by atoms with Gasteiger partial charge in [-0.25, -0.2) is 23.3 Å². The third-order valence-electron chi connectivity index (χ3n) is 8.71. The number of phosphoric ester groups is 1. The molecule has 31 nitrogen and oxygen atoms in total. The number of nitrogens with zero attached hydrogens (tertiary/aromatic N) is 2. The van der Waals surface area contributed by atoms with Gasteiger partial charge in [0, 0.05) is 43.5 Å². The standard InChI is InChI=1S/C33H51N8O23P3S2/c1-35-21(30(49)37-9-4-2-3-7-25(44)38-19(12-27(45)46)31(50)39-20(32(51)52)13-28(47)48)17-69-68-11-8-24(43)36-10-5-6-18-15-41(33(53)40-29(18)34)26-14-22(42)23(62-26)16-61-66(57,58)64-67(59,60)63-65(54,55)56/h15,19-23,26,35,42H,2-4,7-14,16-17H2,1H3,(H,36,43)(H,37,49)(H,38,44)(H,39,50)(H,45,46)(H,47,48)(H,51,52)(H,57,58)(H,59,60)(H2,34,40,53)(H2,54,55,56)/t19?,20?,21?,22?,23-,26-/m1/s1. The van der Waals surface area contributed by atoms with E-state index in [4.69, 9.17) is 35.6 Å². The van der Waals surface area contributed by atoms with Crippen molar-refractivity contribution in [3.63, 3.8) is 0 Å². The number of nitrogens with one attached hydrogen (secondary N) is 5. The summed E-state index contributed by atoms with van der Waals surface area (Å²) in [6.07, 6.45) is -3.98. The fraction of sp³-hybridized carbons (Fsp3) is 0.606. The molecule has 1 aliphatic rings. The van der Waals surface area contributed by atoms with Gasteiger partial charge < -0.3 is 77.1 Å². The Hall–Kier alpha value is -4.48. The van der Waals surface area contributed by atoms with E-state index in [9.17, 15) is 66.9 Å². The lowest BCUT2D eigenvalue weighted by Crippen LogP contribution is -2.52. The Morgan fingerprint density at radius 2 is 1.55 bits per heavy atom. The summed E-state index contributed by atoms with van der Waals surface area (Å²) in [6.45, 7) is -0.869. The van der Waals surface area contributed by atoms with Gasteiger partial charge in [0.25, 0.3) is 0 Å². The molecule has 0 saturated carbocycles. The predicted octanol–water partition coefficient (Wildman–Crippen LogP) is -2.68. The number of phosphoric acid groups is 3. The van der Waals surface area contributed by atoms with E-state index < -0.39 is 115 Å². The highest BCUT2D eigenvalue weighted by Crippen LogP contribution is 2.66. The summed E-state index contributed by atoms with van der Waals surface area (Å²) >= 11 is 0.